The monoisotopic (exact) mass is 232 g/mol. The fourth-order valence-electron chi connectivity index (χ4n) is 1.79. The Hall–Kier alpha value is -1.97. The van der Waals surface area contributed by atoms with Gasteiger partial charge in [-0.25, -0.2) is 4.98 Å². The maximum absolute atomic E-state index is 5.44. The second kappa shape index (κ2) is 4.91. The molecule has 0 saturated carbocycles. The lowest BCUT2D eigenvalue weighted by atomic mass is 10.1. The van der Waals surface area contributed by atoms with Gasteiger partial charge in [-0.2, -0.15) is 0 Å². The highest BCUT2D eigenvalue weighted by Crippen LogP contribution is 2.32. The van der Waals surface area contributed by atoms with Crippen LogP contribution in [0.25, 0.3) is 10.9 Å². The highest BCUT2D eigenvalue weighted by Gasteiger charge is 2.09. The van der Waals surface area contributed by atoms with Crippen molar-refractivity contribution in [3.05, 3.63) is 24.3 Å². The summed E-state index contributed by atoms with van der Waals surface area (Å²) in [6.45, 7) is 2.52. The zero-order valence-corrected chi connectivity index (χ0v) is 10.3. The number of hydrogen-bond donors (Lipinski definition) is 1. The van der Waals surface area contributed by atoms with Crippen LogP contribution in [0.5, 0.6) is 11.6 Å². The lowest BCUT2D eigenvalue weighted by Crippen LogP contribution is -1.98. The topological polar surface area (TPSA) is 43.4 Å². The van der Waals surface area contributed by atoms with Crippen LogP contribution in [0.2, 0.25) is 0 Å². The minimum atomic E-state index is 0.583. The van der Waals surface area contributed by atoms with E-state index in [2.05, 4.69) is 10.3 Å². The number of para-hydroxylation sites is 1. The Balaban J connectivity index is 2.68. The molecule has 0 spiro atoms. The van der Waals surface area contributed by atoms with Crippen LogP contribution in [0.15, 0.2) is 24.3 Å². The van der Waals surface area contributed by atoms with E-state index in [9.17, 15) is 0 Å². The van der Waals surface area contributed by atoms with Gasteiger partial charge in [-0.05, 0) is 19.1 Å². The van der Waals surface area contributed by atoms with Gasteiger partial charge in [-0.1, -0.05) is 6.07 Å². The maximum Gasteiger partial charge on any atom is 0.217 e. The molecular formula is C13H16N2O2. The number of rotatable bonds is 4. The molecule has 4 heteroatoms. The minimum Gasteiger partial charge on any atom is -0.496 e. The second-order valence-corrected chi connectivity index (χ2v) is 3.55. The Morgan fingerprint density at radius 1 is 1.35 bits per heavy atom. The molecule has 0 atom stereocenters. The smallest absolute Gasteiger partial charge is 0.217 e. The van der Waals surface area contributed by atoms with E-state index in [0.29, 0.717) is 12.5 Å². The average molecular weight is 232 g/mol. The third kappa shape index (κ3) is 2.11. The van der Waals surface area contributed by atoms with Gasteiger partial charge < -0.3 is 14.8 Å². The fraction of sp³-hybridized carbons (Fsp3) is 0.308. The van der Waals surface area contributed by atoms with Gasteiger partial charge in [0.15, 0.2) is 0 Å². The van der Waals surface area contributed by atoms with E-state index in [1.54, 1.807) is 7.11 Å². The molecule has 4 nitrogen and oxygen atoms in total. The van der Waals surface area contributed by atoms with Gasteiger partial charge >= 0.3 is 0 Å². The van der Waals surface area contributed by atoms with Crippen molar-refractivity contribution in [1.82, 2.24) is 4.98 Å². The van der Waals surface area contributed by atoms with Crippen LogP contribution >= 0.6 is 0 Å². The molecule has 17 heavy (non-hydrogen) atoms. The van der Waals surface area contributed by atoms with Crippen LogP contribution < -0.4 is 14.8 Å². The molecule has 0 saturated heterocycles. The molecule has 90 valence electrons. The molecule has 0 bridgehead atoms. The number of hydrogen-bond acceptors (Lipinski definition) is 4. The summed E-state index contributed by atoms with van der Waals surface area (Å²) >= 11 is 0. The Bertz CT molecular complexity index is 526. The Labute approximate surface area is 101 Å². The summed E-state index contributed by atoms with van der Waals surface area (Å²) in [7, 11) is 3.52. The molecule has 2 rings (SSSR count). The SMILES string of the molecule is CCOc1cc(OC)c2cccc(NC)c2n1. The van der Waals surface area contributed by atoms with Gasteiger partial charge in [0.25, 0.3) is 0 Å². The van der Waals surface area contributed by atoms with Crippen LogP contribution in [0.1, 0.15) is 6.92 Å². The minimum absolute atomic E-state index is 0.583. The highest BCUT2D eigenvalue weighted by molar-refractivity contribution is 5.94. The van der Waals surface area contributed by atoms with Crippen molar-refractivity contribution in [3.63, 3.8) is 0 Å². The lowest BCUT2D eigenvalue weighted by Gasteiger charge is -2.11. The van der Waals surface area contributed by atoms with Crippen molar-refractivity contribution >= 4 is 16.6 Å². The van der Waals surface area contributed by atoms with Crippen molar-refractivity contribution in [2.75, 3.05) is 26.1 Å². The van der Waals surface area contributed by atoms with Gasteiger partial charge in [-0.15, -0.1) is 0 Å². The van der Waals surface area contributed by atoms with Crippen LogP contribution in [0, 0.1) is 0 Å². The summed E-state index contributed by atoms with van der Waals surface area (Å²) in [4.78, 5) is 4.48. The van der Waals surface area contributed by atoms with E-state index in [1.807, 2.05) is 38.2 Å². The molecule has 0 radical (unpaired) electrons. The highest BCUT2D eigenvalue weighted by atomic mass is 16.5. The standard InChI is InChI=1S/C13H16N2O2/c1-4-17-12-8-11(16-3)9-6-5-7-10(14-2)13(9)15-12/h5-8,14H,4H2,1-3H3. The van der Waals surface area contributed by atoms with E-state index in [-0.39, 0.29) is 0 Å². The predicted octanol–water partition coefficient (Wildman–Crippen LogP) is 2.68. The molecule has 0 amide bonds. The zero-order chi connectivity index (χ0) is 12.3. The first-order chi connectivity index (χ1) is 8.30. The number of aromatic nitrogens is 1. The first-order valence-corrected chi connectivity index (χ1v) is 5.58. The van der Waals surface area contributed by atoms with Gasteiger partial charge in [0.05, 0.1) is 19.4 Å². The maximum atomic E-state index is 5.44. The van der Waals surface area contributed by atoms with Crippen molar-refractivity contribution in [2.45, 2.75) is 6.92 Å². The number of nitrogens with one attached hydrogen (secondary N) is 1. The third-order valence-electron chi connectivity index (χ3n) is 2.56. The molecular weight excluding hydrogens is 216 g/mol. The van der Waals surface area contributed by atoms with Gasteiger partial charge in [0, 0.05) is 18.5 Å². The quantitative estimate of drug-likeness (QED) is 0.880. The molecule has 0 aliphatic heterocycles. The van der Waals surface area contributed by atoms with E-state index in [0.717, 1.165) is 22.3 Å². The van der Waals surface area contributed by atoms with E-state index < -0.39 is 0 Å². The molecule has 0 aliphatic carbocycles. The summed E-state index contributed by atoms with van der Waals surface area (Å²) in [5.74, 6) is 1.36. The van der Waals surface area contributed by atoms with Gasteiger partial charge in [0.2, 0.25) is 5.88 Å². The number of ether oxygens (including phenoxy) is 2. The summed E-state index contributed by atoms with van der Waals surface area (Å²) < 4.78 is 10.8. The summed E-state index contributed by atoms with van der Waals surface area (Å²) in [5.41, 5.74) is 1.82. The molecule has 0 fully saturated rings. The van der Waals surface area contributed by atoms with Gasteiger partial charge in [-0.3, -0.25) is 0 Å². The molecule has 1 aromatic carbocycles. The Kier molecular flexibility index (Phi) is 3.32. The second-order valence-electron chi connectivity index (χ2n) is 3.55. The first kappa shape index (κ1) is 11.5. The molecule has 1 heterocycles. The van der Waals surface area contributed by atoms with E-state index in [1.165, 1.54) is 0 Å². The van der Waals surface area contributed by atoms with Crippen molar-refractivity contribution in [1.29, 1.82) is 0 Å². The van der Waals surface area contributed by atoms with Crippen molar-refractivity contribution < 1.29 is 9.47 Å². The zero-order valence-electron chi connectivity index (χ0n) is 10.3. The number of pyridine rings is 1. The van der Waals surface area contributed by atoms with Crippen LogP contribution in [0.4, 0.5) is 5.69 Å². The molecule has 1 aromatic heterocycles. The third-order valence-corrected chi connectivity index (χ3v) is 2.56. The van der Waals surface area contributed by atoms with Crippen molar-refractivity contribution in [2.24, 2.45) is 0 Å². The molecule has 0 unspecified atom stereocenters. The van der Waals surface area contributed by atoms with Crippen LogP contribution in [0.3, 0.4) is 0 Å². The first-order valence-electron chi connectivity index (χ1n) is 5.58. The Morgan fingerprint density at radius 2 is 2.18 bits per heavy atom. The lowest BCUT2D eigenvalue weighted by molar-refractivity contribution is 0.324. The molecule has 1 N–H and O–H groups in total. The molecule has 0 aliphatic rings. The van der Waals surface area contributed by atoms with Crippen molar-refractivity contribution in [3.8, 4) is 11.6 Å². The summed E-state index contributed by atoms with van der Waals surface area (Å²) in [5, 5.41) is 4.09. The number of benzene rings is 1. The largest absolute Gasteiger partial charge is 0.496 e. The van der Waals surface area contributed by atoms with E-state index in [4.69, 9.17) is 9.47 Å². The summed E-state index contributed by atoms with van der Waals surface area (Å²) in [6.07, 6.45) is 0. The number of anilines is 1. The normalized spacial score (nSPS) is 10.3. The van der Waals surface area contributed by atoms with Gasteiger partial charge in [0.1, 0.15) is 11.3 Å². The molecule has 2 aromatic rings. The fourth-order valence-corrected chi connectivity index (χ4v) is 1.79. The average Bonchev–Trinajstić information content (AvgIpc) is 2.37. The van der Waals surface area contributed by atoms with Crippen LogP contribution in [-0.2, 0) is 0 Å². The number of fused-ring (bicyclic) bond motifs is 1. The number of nitrogens with zero attached hydrogens (tertiary/aromatic N) is 1. The van der Waals surface area contributed by atoms with E-state index >= 15 is 0 Å². The predicted molar refractivity (Wildman–Crippen MR) is 69.0 cm³/mol. The Morgan fingerprint density at radius 3 is 2.82 bits per heavy atom. The number of methoxy groups -OCH3 is 1. The summed E-state index contributed by atoms with van der Waals surface area (Å²) in [6, 6.07) is 7.74. The van der Waals surface area contributed by atoms with Crippen LogP contribution in [-0.4, -0.2) is 25.7 Å².